The number of nitriles is 1. The highest BCUT2D eigenvalue weighted by Gasteiger charge is 2.40. The predicted octanol–water partition coefficient (Wildman–Crippen LogP) is 8.79. The van der Waals surface area contributed by atoms with Crippen molar-refractivity contribution in [1.29, 1.82) is 5.26 Å². The van der Waals surface area contributed by atoms with Crippen molar-refractivity contribution in [2.75, 3.05) is 4.90 Å². The number of amides is 2. The lowest BCUT2D eigenvalue weighted by Crippen LogP contribution is -2.30. The maximum Gasteiger partial charge on any atom is 0.268 e. The quantitative estimate of drug-likeness (QED) is 0.200. The molecule has 0 radical (unpaired) electrons. The molecule has 206 valence electrons. The van der Waals surface area contributed by atoms with Gasteiger partial charge in [0.2, 0.25) is 0 Å². The average Bonchev–Trinajstić information content (AvgIpc) is 3.55. The van der Waals surface area contributed by atoms with Gasteiger partial charge in [0, 0.05) is 16.3 Å². The molecule has 0 N–H and O–H groups in total. The number of para-hydroxylation sites is 2. The highest BCUT2D eigenvalue weighted by atomic mass is 16.2. The third-order valence-electron chi connectivity index (χ3n) is 8.36. The maximum absolute atomic E-state index is 14.3. The Morgan fingerprint density at radius 1 is 0.500 bits per heavy atom. The van der Waals surface area contributed by atoms with Crippen LogP contribution in [0.1, 0.15) is 26.3 Å². The van der Waals surface area contributed by atoms with Crippen molar-refractivity contribution in [3.05, 3.63) is 156 Å². The summed E-state index contributed by atoms with van der Waals surface area (Å²) >= 11 is 0. The van der Waals surface area contributed by atoms with Crippen LogP contribution in [0.25, 0.3) is 49.7 Å². The van der Waals surface area contributed by atoms with Gasteiger partial charge in [-0.1, -0.05) is 91.0 Å². The Labute approximate surface area is 253 Å². The highest BCUT2D eigenvalue weighted by Crippen LogP contribution is 2.41. The number of hydrogen-bond donors (Lipinski definition) is 0. The molecule has 0 saturated heterocycles. The van der Waals surface area contributed by atoms with E-state index in [9.17, 15) is 14.9 Å². The molecule has 0 atom stereocenters. The topological polar surface area (TPSA) is 66.1 Å². The minimum atomic E-state index is -0.347. The van der Waals surface area contributed by atoms with Crippen LogP contribution < -0.4 is 4.90 Å². The van der Waals surface area contributed by atoms with Gasteiger partial charge in [-0.2, -0.15) is 5.26 Å². The number of aromatic nitrogens is 1. The summed E-state index contributed by atoms with van der Waals surface area (Å²) in [5.74, 6) is -0.685. The molecule has 0 saturated carbocycles. The van der Waals surface area contributed by atoms with Gasteiger partial charge >= 0.3 is 0 Å². The Morgan fingerprint density at radius 3 is 2.02 bits per heavy atom. The zero-order valence-corrected chi connectivity index (χ0v) is 23.4. The van der Waals surface area contributed by atoms with Gasteiger partial charge < -0.3 is 4.57 Å². The van der Waals surface area contributed by atoms with E-state index in [1.165, 1.54) is 4.90 Å². The first-order valence-corrected chi connectivity index (χ1v) is 14.3. The minimum Gasteiger partial charge on any atom is -0.308 e. The van der Waals surface area contributed by atoms with Gasteiger partial charge in [-0.25, -0.2) is 4.90 Å². The van der Waals surface area contributed by atoms with Crippen LogP contribution in [0, 0.1) is 11.3 Å². The van der Waals surface area contributed by atoms with Gasteiger partial charge in [-0.3, -0.25) is 9.59 Å². The van der Waals surface area contributed by atoms with Gasteiger partial charge in [0.05, 0.1) is 45.2 Å². The Kier molecular flexibility index (Phi) is 5.75. The van der Waals surface area contributed by atoms with Gasteiger partial charge in [0.25, 0.3) is 11.8 Å². The van der Waals surface area contributed by atoms with Crippen LogP contribution >= 0.6 is 0 Å². The zero-order chi connectivity index (χ0) is 29.8. The van der Waals surface area contributed by atoms with Crippen LogP contribution in [0.4, 0.5) is 5.69 Å². The van der Waals surface area contributed by atoms with E-state index in [-0.39, 0.29) is 11.8 Å². The summed E-state index contributed by atoms with van der Waals surface area (Å²) in [6, 6.07) is 46.9. The molecule has 5 heteroatoms. The molecule has 1 aliphatic rings. The highest BCUT2D eigenvalue weighted by molar-refractivity contribution is 6.36. The zero-order valence-electron chi connectivity index (χ0n) is 23.4. The number of imide groups is 1. The number of benzene rings is 6. The second-order valence-corrected chi connectivity index (χ2v) is 10.8. The van der Waals surface area contributed by atoms with Crippen LogP contribution in [-0.4, -0.2) is 16.4 Å². The monoisotopic (exact) mass is 565 g/mol. The van der Waals surface area contributed by atoms with Gasteiger partial charge in [0.1, 0.15) is 0 Å². The molecule has 1 aliphatic heterocycles. The van der Waals surface area contributed by atoms with E-state index < -0.39 is 0 Å². The van der Waals surface area contributed by atoms with Crippen molar-refractivity contribution in [2.24, 2.45) is 0 Å². The molecule has 1 aromatic heterocycles. The summed E-state index contributed by atoms with van der Waals surface area (Å²) in [5.41, 5.74) is 8.13. The molecule has 5 nitrogen and oxygen atoms in total. The van der Waals surface area contributed by atoms with E-state index in [1.807, 2.05) is 115 Å². The lowest BCUT2D eigenvalue weighted by Gasteiger charge is -2.18. The van der Waals surface area contributed by atoms with Crippen LogP contribution in [-0.2, 0) is 0 Å². The maximum atomic E-state index is 14.3. The van der Waals surface area contributed by atoms with Gasteiger partial charge in [-0.15, -0.1) is 0 Å². The van der Waals surface area contributed by atoms with E-state index in [0.717, 1.165) is 44.1 Å². The molecule has 6 aromatic carbocycles. The third kappa shape index (κ3) is 3.79. The first kappa shape index (κ1) is 25.5. The number of rotatable bonds is 4. The van der Waals surface area contributed by atoms with E-state index in [4.69, 9.17) is 0 Å². The summed E-state index contributed by atoms with van der Waals surface area (Å²) in [6.07, 6.45) is 0. The Hall–Kier alpha value is -6.25. The lowest BCUT2D eigenvalue weighted by molar-refractivity contribution is 0.0926. The number of anilines is 1. The Balaban J connectivity index is 1.32. The normalized spacial score (nSPS) is 12.6. The molecule has 0 spiro atoms. The Bertz CT molecular complexity index is 2340. The van der Waals surface area contributed by atoms with Crippen LogP contribution in [0.5, 0.6) is 0 Å². The van der Waals surface area contributed by atoms with Crippen molar-refractivity contribution in [3.8, 4) is 34.0 Å². The second-order valence-electron chi connectivity index (χ2n) is 10.8. The molecule has 0 unspecified atom stereocenters. The van der Waals surface area contributed by atoms with Crippen molar-refractivity contribution in [2.45, 2.75) is 0 Å². The first-order chi connectivity index (χ1) is 21.6. The predicted molar refractivity (Wildman–Crippen MR) is 174 cm³/mol. The fraction of sp³-hybridized carbons (Fsp3) is 0. The van der Waals surface area contributed by atoms with E-state index in [2.05, 4.69) is 22.8 Å². The van der Waals surface area contributed by atoms with Crippen molar-refractivity contribution >= 4 is 39.3 Å². The summed E-state index contributed by atoms with van der Waals surface area (Å²) in [5, 5.41) is 11.5. The van der Waals surface area contributed by atoms with E-state index >= 15 is 0 Å². The van der Waals surface area contributed by atoms with Crippen molar-refractivity contribution in [1.82, 2.24) is 4.57 Å². The van der Waals surface area contributed by atoms with E-state index in [0.29, 0.717) is 28.1 Å². The van der Waals surface area contributed by atoms with Crippen LogP contribution in [0.15, 0.2) is 140 Å². The fourth-order valence-corrected chi connectivity index (χ4v) is 6.38. The molecule has 2 heterocycles. The largest absolute Gasteiger partial charge is 0.308 e. The lowest BCUT2D eigenvalue weighted by atomic mass is 10.0. The second kappa shape index (κ2) is 9.94. The molecule has 8 rings (SSSR count). The standard InChI is InChI=1S/C39H23N3O2/c40-24-25-10-8-13-27(22-25)28-20-21-35-32(23-28)30-15-5-7-18-34(30)41(35)36-19-9-16-31-37(36)39(44)42(38(31)43)33-17-6-4-14-29(33)26-11-2-1-3-12-26/h1-23H. The minimum absolute atomic E-state index is 0.337. The van der Waals surface area contributed by atoms with Crippen molar-refractivity contribution in [3.63, 3.8) is 0 Å². The number of carbonyl (C=O) groups excluding carboxylic acids is 2. The molecule has 0 bridgehead atoms. The van der Waals surface area contributed by atoms with Crippen LogP contribution in [0.3, 0.4) is 0 Å². The summed E-state index contributed by atoms with van der Waals surface area (Å²) in [4.78, 5) is 29.6. The smallest absolute Gasteiger partial charge is 0.268 e. The summed E-state index contributed by atoms with van der Waals surface area (Å²) in [6.45, 7) is 0. The van der Waals surface area contributed by atoms with Crippen molar-refractivity contribution < 1.29 is 9.59 Å². The molecule has 2 amide bonds. The SMILES string of the molecule is N#Cc1cccc(-c2ccc3c(c2)c2ccccc2n3-c2cccc3c2C(=O)N(c2ccccc2-c2ccccc2)C3=O)c1. The fourth-order valence-electron chi connectivity index (χ4n) is 6.38. The summed E-state index contributed by atoms with van der Waals surface area (Å²) < 4.78 is 2.08. The number of nitrogens with zero attached hydrogens (tertiary/aromatic N) is 3. The molecule has 7 aromatic rings. The molecule has 0 aliphatic carbocycles. The molecular formula is C39H23N3O2. The molecule has 44 heavy (non-hydrogen) atoms. The number of fused-ring (bicyclic) bond motifs is 4. The van der Waals surface area contributed by atoms with Crippen LogP contribution in [0.2, 0.25) is 0 Å². The van der Waals surface area contributed by atoms with E-state index in [1.54, 1.807) is 12.1 Å². The first-order valence-electron chi connectivity index (χ1n) is 14.3. The molecule has 0 fully saturated rings. The third-order valence-corrected chi connectivity index (χ3v) is 8.36. The Morgan fingerprint density at radius 2 is 1.16 bits per heavy atom. The number of hydrogen-bond acceptors (Lipinski definition) is 3. The van der Waals surface area contributed by atoms with Gasteiger partial charge in [-0.05, 0) is 65.2 Å². The molecular weight excluding hydrogens is 542 g/mol. The summed E-state index contributed by atoms with van der Waals surface area (Å²) in [7, 11) is 0. The number of carbonyl (C=O) groups is 2. The average molecular weight is 566 g/mol. The van der Waals surface area contributed by atoms with Gasteiger partial charge in [0.15, 0.2) is 0 Å².